The van der Waals surface area contributed by atoms with Crippen LogP contribution >= 0.6 is 0 Å². The lowest BCUT2D eigenvalue weighted by Crippen LogP contribution is -2.23. The first-order valence-electron chi connectivity index (χ1n) is 11.8. The molecule has 3 aromatic rings. The van der Waals surface area contributed by atoms with E-state index in [2.05, 4.69) is 26.5 Å². The first kappa shape index (κ1) is 22.7. The predicted octanol–water partition coefficient (Wildman–Crippen LogP) is 4.69. The van der Waals surface area contributed by atoms with Crippen LogP contribution in [0, 0.1) is 17.2 Å². The van der Waals surface area contributed by atoms with Gasteiger partial charge in [0.05, 0.1) is 44.6 Å². The van der Waals surface area contributed by atoms with Crippen molar-refractivity contribution < 1.29 is 14.3 Å². The molecule has 1 amide bonds. The lowest BCUT2D eigenvalue weighted by molar-refractivity contribution is 0.181. The fraction of sp³-hybridized carbons (Fsp3) is 0.400. The Morgan fingerprint density at radius 3 is 2.74 bits per heavy atom. The average Bonchev–Trinajstić information content (AvgIpc) is 3.66. The van der Waals surface area contributed by atoms with Crippen LogP contribution in [0.2, 0.25) is 0 Å². The predicted molar refractivity (Wildman–Crippen MR) is 129 cm³/mol. The van der Waals surface area contributed by atoms with Gasteiger partial charge in [-0.25, -0.2) is 14.8 Å². The Balaban J connectivity index is 1.37. The molecular weight excluding hydrogens is 446 g/mol. The fourth-order valence-corrected chi connectivity index (χ4v) is 4.82. The number of benzene rings is 1. The number of carbonyl (C=O) groups is 1. The van der Waals surface area contributed by atoms with Gasteiger partial charge in [0, 0.05) is 23.1 Å². The molecule has 0 bridgehead atoms. The van der Waals surface area contributed by atoms with Crippen molar-refractivity contribution in [3.63, 3.8) is 0 Å². The molecule has 1 saturated carbocycles. The number of carbonyl (C=O) groups excluding carboxylic acids is 1. The van der Waals surface area contributed by atoms with Crippen LogP contribution in [0.5, 0.6) is 5.75 Å². The lowest BCUT2D eigenvalue weighted by Gasteiger charge is -2.21. The molecule has 1 N–H and O–H groups in total. The van der Waals surface area contributed by atoms with E-state index >= 15 is 0 Å². The minimum absolute atomic E-state index is 0.0630. The highest BCUT2D eigenvalue weighted by atomic mass is 16.6. The summed E-state index contributed by atoms with van der Waals surface area (Å²) in [5.41, 5.74) is 2.98. The summed E-state index contributed by atoms with van der Waals surface area (Å²) in [7, 11) is 1.58. The zero-order chi connectivity index (χ0) is 24.2. The highest BCUT2D eigenvalue weighted by Gasteiger charge is 2.27. The summed E-state index contributed by atoms with van der Waals surface area (Å²) in [6.07, 6.45) is 10.1. The molecule has 180 valence electrons. The summed E-state index contributed by atoms with van der Waals surface area (Å²) < 4.78 is 12.4. The van der Waals surface area contributed by atoms with Gasteiger partial charge in [-0.3, -0.25) is 9.58 Å². The summed E-state index contributed by atoms with van der Waals surface area (Å²) in [6.45, 7) is 0.940. The van der Waals surface area contributed by atoms with Crippen molar-refractivity contribution in [3.8, 4) is 23.1 Å². The quantitative estimate of drug-likeness (QED) is 0.500. The number of hydrogen-bond donors (Lipinski definition) is 1. The van der Waals surface area contributed by atoms with E-state index in [0.717, 1.165) is 29.8 Å². The van der Waals surface area contributed by atoms with Gasteiger partial charge in [-0.2, -0.15) is 10.4 Å². The first-order chi connectivity index (χ1) is 17.2. The monoisotopic (exact) mass is 473 g/mol. The Morgan fingerprint density at radius 2 is 2.06 bits per heavy atom. The van der Waals surface area contributed by atoms with Gasteiger partial charge in [-0.1, -0.05) is 12.8 Å². The van der Waals surface area contributed by atoms with Crippen LogP contribution in [0.15, 0.2) is 42.9 Å². The SMILES string of the molecule is COc1cnc(Nc2ccc(N3CCOC3=O)cc2)nc1-c1cnn(C(CC#N)C2CCCC2)c1. The van der Waals surface area contributed by atoms with Crippen LogP contribution in [0.1, 0.15) is 38.1 Å². The van der Waals surface area contributed by atoms with Gasteiger partial charge in [-0.05, 0) is 43.0 Å². The normalized spacial score (nSPS) is 16.7. The van der Waals surface area contributed by atoms with Crippen molar-refractivity contribution in [1.29, 1.82) is 5.26 Å². The molecule has 1 atom stereocenters. The Bertz CT molecular complexity index is 1230. The Hall–Kier alpha value is -4.13. The van der Waals surface area contributed by atoms with Crippen LogP contribution in [0.3, 0.4) is 0 Å². The molecule has 1 aliphatic carbocycles. The molecule has 35 heavy (non-hydrogen) atoms. The number of aromatic nitrogens is 4. The maximum atomic E-state index is 11.8. The molecule has 10 heteroatoms. The maximum absolute atomic E-state index is 11.8. The second-order valence-electron chi connectivity index (χ2n) is 8.73. The van der Waals surface area contributed by atoms with Gasteiger partial charge >= 0.3 is 6.09 Å². The molecule has 5 rings (SSSR count). The highest BCUT2D eigenvalue weighted by molar-refractivity contribution is 5.89. The fourth-order valence-electron chi connectivity index (χ4n) is 4.82. The van der Waals surface area contributed by atoms with Crippen LogP contribution in [-0.4, -0.2) is 46.1 Å². The molecule has 2 aliphatic rings. The smallest absolute Gasteiger partial charge is 0.414 e. The van der Waals surface area contributed by atoms with Gasteiger partial charge in [0.25, 0.3) is 0 Å². The number of hydrogen-bond acceptors (Lipinski definition) is 8. The van der Waals surface area contributed by atoms with Crippen molar-refractivity contribution >= 4 is 23.4 Å². The van der Waals surface area contributed by atoms with E-state index in [0.29, 0.717) is 42.9 Å². The van der Waals surface area contributed by atoms with Crippen LogP contribution in [0.25, 0.3) is 11.3 Å². The van der Waals surface area contributed by atoms with E-state index in [1.54, 1.807) is 24.4 Å². The summed E-state index contributed by atoms with van der Waals surface area (Å²) in [5.74, 6) is 1.42. The van der Waals surface area contributed by atoms with Crippen LogP contribution in [0.4, 0.5) is 22.1 Å². The van der Waals surface area contributed by atoms with Gasteiger partial charge < -0.3 is 14.8 Å². The van der Waals surface area contributed by atoms with Crippen LogP contribution in [-0.2, 0) is 4.74 Å². The highest BCUT2D eigenvalue weighted by Crippen LogP contribution is 2.37. The van der Waals surface area contributed by atoms with Gasteiger partial charge in [0.15, 0.2) is 5.75 Å². The van der Waals surface area contributed by atoms with Crippen molar-refractivity contribution in [1.82, 2.24) is 19.7 Å². The van der Waals surface area contributed by atoms with E-state index in [1.807, 2.05) is 35.1 Å². The molecule has 2 aromatic heterocycles. The lowest BCUT2D eigenvalue weighted by atomic mass is 9.96. The van der Waals surface area contributed by atoms with Crippen LogP contribution < -0.4 is 15.0 Å². The number of amides is 1. The molecule has 3 heterocycles. The largest absolute Gasteiger partial charge is 0.493 e. The van der Waals surface area contributed by atoms with E-state index in [4.69, 9.17) is 9.47 Å². The number of rotatable bonds is 8. The Labute approximate surface area is 203 Å². The van der Waals surface area contributed by atoms with E-state index in [9.17, 15) is 10.1 Å². The molecular formula is C25H27N7O3. The molecule has 1 unspecified atom stereocenters. The number of nitrogens with one attached hydrogen (secondary N) is 1. The molecule has 10 nitrogen and oxygen atoms in total. The average molecular weight is 474 g/mol. The van der Waals surface area contributed by atoms with Gasteiger partial charge in [0.2, 0.25) is 5.95 Å². The summed E-state index contributed by atoms with van der Waals surface area (Å²) in [5, 5.41) is 17.2. The zero-order valence-corrected chi connectivity index (χ0v) is 19.6. The van der Waals surface area contributed by atoms with Crippen molar-refractivity contribution in [3.05, 3.63) is 42.9 Å². The van der Waals surface area contributed by atoms with Crippen molar-refractivity contribution in [2.24, 2.45) is 5.92 Å². The van der Waals surface area contributed by atoms with Crippen molar-refractivity contribution in [2.45, 2.75) is 38.1 Å². The standard InChI is InChI=1S/C25H27N7O3/c1-34-22-15-27-24(29-19-6-8-20(9-7-19)31-12-13-35-25(31)33)30-23(22)18-14-28-32(16-18)21(10-11-26)17-4-2-3-5-17/h6-9,14-17,21H,2-5,10,12-13H2,1H3,(H,27,29,30). The number of nitriles is 1. The Morgan fingerprint density at radius 1 is 1.26 bits per heavy atom. The number of nitrogens with zero attached hydrogens (tertiary/aromatic N) is 6. The topological polar surface area (TPSA) is 118 Å². The second kappa shape index (κ2) is 10.0. The summed E-state index contributed by atoms with van der Waals surface area (Å²) >= 11 is 0. The third kappa shape index (κ3) is 4.75. The Kier molecular flexibility index (Phi) is 6.48. The zero-order valence-electron chi connectivity index (χ0n) is 19.6. The molecule has 1 saturated heterocycles. The molecule has 1 aliphatic heterocycles. The van der Waals surface area contributed by atoms with Crippen molar-refractivity contribution in [2.75, 3.05) is 30.5 Å². The minimum Gasteiger partial charge on any atom is -0.493 e. The molecule has 1 aromatic carbocycles. The third-order valence-corrected chi connectivity index (χ3v) is 6.63. The maximum Gasteiger partial charge on any atom is 0.414 e. The minimum atomic E-state index is -0.334. The molecule has 2 fully saturated rings. The number of ether oxygens (including phenoxy) is 2. The summed E-state index contributed by atoms with van der Waals surface area (Å²) in [4.78, 5) is 22.4. The first-order valence-corrected chi connectivity index (χ1v) is 11.8. The van der Waals surface area contributed by atoms with Gasteiger partial charge in [0.1, 0.15) is 12.3 Å². The van der Waals surface area contributed by atoms with E-state index in [-0.39, 0.29) is 12.1 Å². The molecule has 0 spiro atoms. The number of cyclic esters (lactones) is 1. The number of anilines is 3. The molecule has 0 radical (unpaired) electrons. The number of methoxy groups -OCH3 is 1. The van der Waals surface area contributed by atoms with Gasteiger partial charge in [-0.15, -0.1) is 0 Å². The van der Waals surface area contributed by atoms with E-state index in [1.165, 1.54) is 12.8 Å². The third-order valence-electron chi connectivity index (χ3n) is 6.63. The summed E-state index contributed by atoms with van der Waals surface area (Å²) in [6, 6.07) is 9.81. The second-order valence-corrected chi connectivity index (χ2v) is 8.73. The van der Waals surface area contributed by atoms with E-state index < -0.39 is 0 Å².